The molecule has 110 valence electrons. The zero-order valence-electron chi connectivity index (χ0n) is 11.9. The van der Waals surface area contributed by atoms with Crippen molar-refractivity contribution in [3.8, 4) is 5.75 Å². The molecule has 0 aliphatic heterocycles. The molecule has 5 nitrogen and oxygen atoms in total. The number of carbonyl (C=O) groups is 1. The Bertz CT molecular complexity index is 587. The van der Waals surface area contributed by atoms with Crippen LogP contribution in [0.3, 0.4) is 0 Å². The Kier molecular flexibility index (Phi) is 5.15. The number of nitrogens with zero attached hydrogens (tertiary/aromatic N) is 1. The van der Waals surface area contributed by atoms with Crippen LogP contribution in [0.1, 0.15) is 24.1 Å². The van der Waals surface area contributed by atoms with Crippen LogP contribution in [0, 0.1) is 0 Å². The molecular weight excluding hydrogens is 266 g/mol. The summed E-state index contributed by atoms with van der Waals surface area (Å²) in [5.41, 5.74) is 1.94. The van der Waals surface area contributed by atoms with E-state index in [4.69, 9.17) is 0 Å². The minimum atomic E-state index is -0.216. The summed E-state index contributed by atoms with van der Waals surface area (Å²) < 4.78 is 0. The lowest BCUT2D eigenvalue weighted by atomic mass is 10.1. The number of urea groups is 1. The van der Waals surface area contributed by atoms with Crippen LogP contribution >= 0.6 is 0 Å². The zero-order chi connectivity index (χ0) is 15.1. The third-order valence-electron chi connectivity index (χ3n) is 3.14. The van der Waals surface area contributed by atoms with Crippen LogP contribution in [0.15, 0.2) is 48.8 Å². The molecule has 0 radical (unpaired) electrons. The van der Waals surface area contributed by atoms with Crippen molar-refractivity contribution in [3.05, 3.63) is 59.9 Å². The maximum absolute atomic E-state index is 11.8. The van der Waals surface area contributed by atoms with Crippen molar-refractivity contribution in [3.63, 3.8) is 0 Å². The summed E-state index contributed by atoms with van der Waals surface area (Å²) in [4.78, 5) is 15.8. The first-order valence-corrected chi connectivity index (χ1v) is 6.87. The van der Waals surface area contributed by atoms with Gasteiger partial charge in [-0.3, -0.25) is 4.98 Å². The second-order valence-corrected chi connectivity index (χ2v) is 4.83. The summed E-state index contributed by atoms with van der Waals surface area (Å²) >= 11 is 0. The van der Waals surface area contributed by atoms with Crippen LogP contribution < -0.4 is 10.6 Å². The zero-order valence-corrected chi connectivity index (χ0v) is 11.9. The highest BCUT2D eigenvalue weighted by atomic mass is 16.3. The van der Waals surface area contributed by atoms with Crippen molar-refractivity contribution in [2.45, 2.75) is 19.4 Å². The van der Waals surface area contributed by atoms with Crippen molar-refractivity contribution in [2.24, 2.45) is 0 Å². The summed E-state index contributed by atoms with van der Waals surface area (Å²) in [5.74, 6) is 0.238. The standard InChI is InChI=1S/C16H19N3O2/c1-12(14-5-3-8-17-11-14)19-16(21)18-9-7-13-4-2-6-15(20)10-13/h2-6,8,10-12,20H,7,9H2,1H3,(H2,18,19,21)/t12-/m0/s1. The SMILES string of the molecule is C[C@H](NC(=O)NCCc1cccc(O)c1)c1cccnc1. The summed E-state index contributed by atoms with van der Waals surface area (Å²) in [5, 5.41) is 15.0. The van der Waals surface area contributed by atoms with Crippen molar-refractivity contribution in [1.82, 2.24) is 15.6 Å². The summed E-state index contributed by atoms with van der Waals surface area (Å²) in [7, 11) is 0. The van der Waals surface area contributed by atoms with Gasteiger partial charge in [-0.2, -0.15) is 0 Å². The number of hydrogen-bond donors (Lipinski definition) is 3. The molecule has 0 saturated carbocycles. The normalized spacial score (nSPS) is 11.7. The van der Waals surface area contributed by atoms with Gasteiger partial charge >= 0.3 is 6.03 Å². The van der Waals surface area contributed by atoms with E-state index < -0.39 is 0 Å². The van der Waals surface area contributed by atoms with E-state index in [9.17, 15) is 9.90 Å². The summed E-state index contributed by atoms with van der Waals surface area (Å²) in [6.45, 7) is 2.42. The minimum Gasteiger partial charge on any atom is -0.508 e. The first-order chi connectivity index (χ1) is 10.1. The number of phenolic OH excluding ortho intramolecular Hbond substituents is 1. The van der Waals surface area contributed by atoms with Crippen molar-refractivity contribution < 1.29 is 9.90 Å². The van der Waals surface area contributed by atoms with Gasteiger partial charge in [0.2, 0.25) is 0 Å². The average Bonchev–Trinajstić information content (AvgIpc) is 2.48. The largest absolute Gasteiger partial charge is 0.508 e. The predicted molar refractivity (Wildman–Crippen MR) is 81.0 cm³/mol. The van der Waals surface area contributed by atoms with Gasteiger partial charge in [0.25, 0.3) is 0 Å². The molecule has 1 heterocycles. The topological polar surface area (TPSA) is 74.2 Å². The molecule has 5 heteroatoms. The first kappa shape index (κ1) is 14.8. The molecule has 0 bridgehead atoms. The number of pyridine rings is 1. The van der Waals surface area contributed by atoms with Gasteiger partial charge in [-0.25, -0.2) is 4.79 Å². The number of carbonyl (C=O) groups excluding carboxylic acids is 1. The second-order valence-electron chi connectivity index (χ2n) is 4.83. The molecule has 0 spiro atoms. The van der Waals surface area contributed by atoms with E-state index in [0.717, 1.165) is 11.1 Å². The maximum atomic E-state index is 11.8. The molecule has 1 aromatic carbocycles. The van der Waals surface area contributed by atoms with E-state index in [2.05, 4.69) is 15.6 Å². The van der Waals surface area contributed by atoms with E-state index in [1.807, 2.05) is 25.1 Å². The molecule has 0 unspecified atom stereocenters. The van der Waals surface area contributed by atoms with Crippen LogP contribution in [0.2, 0.25) is 0 Å². The number of phenols is 1. The van der Waals surface area contributed by atoms with Gasteiger partial charge in [0.15, 0.2) is 0 Å². The highest BCUT2D eigenvalue weighted by Crippen LogP contribution is 2.11. The molecule has 0 aliphatic rings. The molecule has 2 aromatic rings. The molecule has 2 rings (SSSR count). The minimum absolute atomic E-state index is 0.0977. The van der Waals surface area contributed by atoms with Crippen molar-refractivity contribution in [1.29, 1.82) is 0 Å². The Morgan fingerprint density at radius 3 is 2.90 bits per heavy atom. The van der Waals surface area contributed by atoms with Gasteiger partial charge in [0, 0.05) is 18.9 Å². The van der Waals surface area contributed by atoms with E-state index in [1.54, 1.807) is 30.6 Å². The number of benzene rings is 1. The van der Waals surface area contributed by atoms with E-state index in [0.29, 0.717) is 13.0 Å². The number of aromatic hydroxyl groups is 1. The van der Waals surface area contributed by atoms with Gasteiger partial charge in [-0.15, -0.1) is 0 Å². The molecule has 0 saturated heterocycles. The van der Waals surface area contributed by atoms with Gasteiger partial charge < -0.3 is 15.7 Å². The van der Waals surface area contributed by atoms with Crippen LogP contribution in [0.4, 0.5) is 4.79 Å². The Hall–Kier alpha value is -2.56. The lowest BCUT2D eigenvalue weighted by Gasteiger charge is -2.14. The van der Waals surface area contributed by atoms with Crippen molar-refractivity contribution in [2.75, 3.05) is 6.54 Å². The molecule has 1 atom stereocenters. The fraction of sp³-hybridized carbons (Fsp3) is 0.250. The Labute approximate surface area is 124 Å². The van der Waals surface area contributed by atoms with Crippen LogP contribution in [-0.2, 0) is 6.42 Å². The number of aromatic nitrogens is 1. The smallest absolute Gasteiger partial charge is 0.315 e. The van der Waals surface area contributed by atoms with Crippen LogP contribution in [0.5, 0.6) is 5.75 Å². The van der Waals surface area contributed by atoms with Gasteiger partial charge in [-0.05, 0) is 42.7 Å². The fourth-order valence-corrected chi connectivity index (χ4v) is 2.00. The third kappa shape index (κ3) is 4.80. The Morgan fingerprint density at radius 1 is 1.33 bits per heavy atom. The number of nitrogens with one attached hydrogen (secondary N) is 2. The predicted octanol–water partition coefficient (Wildman–Crippen LogP) is 2.39. The third-order valence-corrected chi connectivity index (χ3v) is 3.14. The fourth-order valence-electron chi connectivity index (χ4n) is 2.00. The van der Waals surface area contributed by atoms with Gasteiger partial charge in [-0.1, -0.05) is 18.2 Å². The lowest BCUT2D eigenvalue weighted by Crippen LogP contribution is -2.38. The molecule has 0 fully saturated rings. The first-order valence-electron chi connectivity index (χ1n) is 6.87. The Morgan fingerprint density at radius 2 is 2.19 bits per heavy atom. The molecule has 21 heavy (non-hydrogen) atoms. The van der Waals surface area contributed by atoms with Gasteiger partial charge in [0.05, 0.1) is 6.04 Å². The Balaban J connectivity index is 1.75. The molecule has 3 N–H and O–H groups in total. The second kappa shape index (κ2) is 7.28. The van der Waals surface area contributed by atoms with Crippen molar-refractivity contribution >= 4 is 6.03 Å². The molecular formula is C16H19N3O2. The quantitative estimate of drug-likeness (QED) is 0.789. The number of hydrogen-bond acceptors (Lipinski definition) is 3. The average molecular weight is 285 g/mol. The molecule has 1 aromatic heterocycles. The molecule has 0 aliphatic carbocycles. The monoisotopic (exact) mass is 285 g/mol. The van der Waals surface area contributed by atoms with E-state index in [1.165, 1.54) is 0 Å². The highest BCUT2D eigenvalue weighted by molar-refractivity contribution is 5.74. The van der Waals surface area contributed by atoms with Crippen LogP contribution in [-0.4, -0.2) is 22.7 Å². The summed E-state index contributed by atoms with van der Waals surface area (Å²) in [6, 6.07) is 10.5. The van der Waals surface area contributed by atoms with Crippen LogP contribution in [0.25, 0.3) is 0 Å². The lowest BCUT2D eigenvalue weighted by molar-refractivity contribution is 0.238. The highest BCUT2D eigenvalue weighted by Gasteiger charge is 2.08. The summed E-state index contributed by atoms with van der Waals surface area (Å²) in [6.07, 6.45) is 4.10. The maximum Gasteiger partial charge on any atom is 0.315 e. The number of rotatable bonds is 5. The number of amides is 2. The van der Waals surface area contributed by atoms with Gasteiger partial charge in [0.1, 0.15) is 5.75 Å². The molecule has 2 amide bonds. The van der Waals surface area contributed by atoms with E-state index in [-0.39, 0.29) is 17.8 Å². The van der Waals surface area contributed by atoms with E-state index >= 15 is 0 Å².